The van der Waals surface area contributed by atoms with E-state index in [9.17, 15) is 9.18 Å². The molecule has 0 aliphatic rings. The average molecular weight is 273 g/mol. The number of benzene rings is 1. The Morgan fingerprint density at radius 1 is 1.30 bits per heavy atom. The smallest absolute Gasteiger partial charge is 0.238 e. The van der Waals surface area contributed by atoms with Crippen molar-refractivity contribution in [3.8, 4) is 0 Å². The quantitative estimate of drug-likeness (QED) is 0.878. The number of pyridine rings is 1. The van der Waals surface area contributed by atoms with Crippen LogP contribution < -0.4 is 10.6 Å². The third kappa shape index (κ3) is 3.86. The van der Waals surface area contributed by atoms with Gasteiger partial charge in [0.05, 0.1) is 12.2 Å². The van der Waals surface area contributed by atoms with E-state index in [2.05, 4.69) is 15.6 Å². The first-order chi connectivity index (χ1) is 9.66. The summed E-state index contributed by atoms with van der Waals surface area (Å²) in [6, 6.07) is 7.99. The van der Waals surface area contributed by atoms with Gasteiger partial charge in [-0.3, -0.25) is 9.78 Å². The molecule has 0 spiro atoms. The Bertz CT molecular complexity index is 601. The lowest BCUT2D eigenvalue weighted by atomic mass is 10.1. The van der Waals surface area contributed by atoms with Crippen molar-refractivity contribution in [3.05, 3.63) is 59.7 Å². The molecular weight excluding hydrogens is 257 g/mol. The fraction of sp³-hybridized carbons (Fsp3) is 0.200. The number of halogens is 1. The lowest BCUT2D eigenvalue weighted by Gasteiger charge is -2.08. The summed E-state index contributed by atoms with van der Waals surface area (Å²) in [5.74, 6) is -0.715. The molecule has 0 aliphatic heterocycles. The molecule has 1 aromatic carbocycles. The second kappa shape index (κ2) is 6.77. The molecule has 5 heteroatoms. The van der Waals surface area contributed by atoms with Crippen molar-refractivity contribution in [2.45, 2.75) is 13.5 Å². The number of hydrogen-bond acceptors (Lipinski definition) is 3. The summed E-state index contributed by atoms with van der Waals surface area (Å²) in [6.07, 6.45) is 3.49. The number of nitrogens with zero attached hydrogens (tertiary/aromatic N) is 1. The lowest BCUT2D eigenvalue weighted by Crippen LogP contribution is -2.28. The maximum absolute atomic E-state index is 13.3. The Labute approximate surface area is 117 Å². The minimum atomic E-state index is -0.439. The Morgan fingerprint density at radius 2 is 2.10 bits per heavy atom. The molecule has 0 saturated carbocycles. The highest BCUT2D eigenvalue weighted by molar-refractivity contribution is 5.92. The van der Waals surface area contributed by atoms with Crippen LogP contribution >= 0.6 is 0 Å². The maximum Gasteiger partial charge on any atom is 0.238 e. The Kier molecular flexibility index (Phi) is 4.79. The van der Waals surface area contributed by atoms with Crippen LogP contribution in [-0.4, -0.2) is 17.4 Å². The molecule has 20 heavy (non-hydrogen) atoms. The third-order valence-electron chi connectivity index (χ3n) is 2.89. The zero-order valence-corrected chi connectivity index (χ0v) is 11.2. The largest absolute Gasteiger partial charge is 0.322 e. The molecule has 0 radical (unpaired) electrons. The molecule has 2 N–H and O–H groups in total. The molecule has 104 valence electrons. The summed E-state index contributed by atoms with van der Waals surface area (Å²) in [5.41, 5.74) is 2.34. The number of anilines is 1. The van der Waals surface area contributed by atoms with Gasteiger partial charge in [-0.2, -0.15) is 0 Å². The third-order valence-corrected chi connectivity index (χ3v) is 2.89. The van der Waals surface area contributed by atoms with Crippen LogP contribution in [0.15, 0.2) is 42.7 Å². The topological polar surface area (TPSA) is 54.0 Å². The van der Waals surface area contributed by atoms with E-state index >= 15 is 0 Å². The molecule has 1 amide bonds. The first-order valence-corrected chi connectivity index (χ1v) is 6.31. The molecule has 0 fully saturated rings. The van der Waals surface area contributed by atoms with E-state index in [4.69, 9.17) is 0 Å². The highest BCUT2D eigenvalue weighted by Crippen LogP contribution is 2.11. The number of amides is 1. The van der Waals surface area contributed by atoms with Crippen molar-refractivity contribution < 1.29 is 9.18 Å². The van der Waals surface area contributed by atoms with Crippen LogP contribution in [0.5, 0.6) is 0 Å². The van der Waals surface area contributed by atoms with Gasteiger partial charge in [-0.25, -0.2) is 4.39 Å². The molecular formula is C15H16FN3O. The van der Waals surface area contributed by atoms with Crippen LogP contribution in [0.25, 0.3) is 0 Å². The summed E-state index contributed by atoms with van der Waals surface area (Å²) in [4.78, 5) is 15.7. The fourth-order valence-electron chi connectivity index (χ4n) is 1.77. The van der Waals surface area contributed by atoms with Gasteiger partial charge in [0.25, 0.3) is 0 Å². The van der Waals surface area contributed by atoms with Crippen LogP contribution in [0.2, 0.25) is 0 Å². The van der Waals surface area contributed by atoms with Gasteiger partial charge in [0, 0.05) is 18.9 Å². The lowest BCUT2D eigenvalue weighted by molar-refractivity contribution is -0.115. The van der Waals surface area contributed by atoms with E-state index in [0.717, 1.165) is 11.1 Å². The standard InChI is InChI=1S/C15H16FN3O/c1-11-8-17-7-6-12(11)9-18-10-15(20)19-14-5-3-2-4-13(14)16/h2-8,18H,9-10H2,1H3,(H,19,20). The average Bonchev–Trinajstić information content (AvgIpc) is 2.43. The van der Waals surface area contributed by atoms with E-state index in [1.807, 2.05) is 13.0 Å². The highest BCUT2D eigenvalue weighted by atomic mass is 19.1. The molecule has 0 aliphatic carbocycles. The minimum absolute atomic E-state index is 0.121. The summed E-state index contributed by atoms with van der Waals surface area (Å²) in [7, 11) is 0. The van der Waals surface area contributed by atoms with Gasteiger partial charge in [0.1, 0.15) is 5.82 Å². The number of carbonyl (C=O) groups is 1. The molecule has 1 heterocycles. The summed E-state index contributed by atoms with van der Waals surface area (Å²) in [5, 5.41) is 5.54. The van der Waals surface area contributed by atoms with Crippen LogP contribution in [0.4, 0.5) is 10.1 Å². The molecule has 0 unspecified atom stereocenters. The molecule has 2 aromatic rings. The second-order valence-electron chi connectivity index (χ2n) is 4.43. The number of rotatable bonds is 5. The van der Waals surface area contributed by atoms with Crippen LogP contribution in [0.1, 0.15) is 11.1 Å². The summed E-state index contributed by atoms with van der Waals surface area (Å²) < 4.78 is 13.3. The summed E-state index contributed by atoms with van der Waals surface area (Å²) >= 11 is 0. The van der Waals surface area contributed by atoms with Crippen molar-refractivity contribution in [2.24, 2.45) is 0 Å². The van der Waals surface area contributed by atoms with E-state index < -0.39 is 5.82 Å². The van der Waals surface area contributed by atoms with E-state index in [1.54, 1.807) is 24.5 Å². The van der Waals surface area contributed by atoms with Gasteiger partial charge in [-0.15, -0.1) is 0 Å². The van der Waals surface area contributed by atoms with E-state index in [0.29, 0.717) is 6.54 Å². The minimum Gasteiger partial charge on any atom is -0.322 e. The first kappa shape index (κ1) is 14.1. The van der Waals surface area contributed by atoms with Gasteiger partial charge in [-0.1, -0.05) is 12.1 Å². The van der Waals surface area contributed by atoms with Gasteiger partial charge in [0.2, 0.25) is 5.91 Å². The van der Waals surface area contributed by atoms with E-state index in [1.165, 1.54) is 12.1 Å². The van der Waals surface area contributed by atoms with Gasteiger partial charge < -0.3 is 10.6 Å². The van der Waals surface area contributed by atoms with Crippen LogP contribution in [0, 0.1) is 12.7 Å². The SMILES string of the molecule is Cc1cnccc1CNCC(=O)Nc1ccccc1F. The van der Waals surface area contributed by atoms with Gasteiger partial charge in [0.15, 0.2) is 0 Å². The monoisotopic (exact) mass is 273 g/mol. The zero-order chi connectivity index (χ0) is 14.4. The van der Waals surface area contributed by atoms with Crippen LogP contribution in [0.3, 0.4) is 0 Å². The second-order valence-corrected chi connectivity index (χ2v) is 4.43. The Balaban J connectivity index is 1.82. The number of aryl methyl sites for hydroxylation is 1. The molecule has 0 atom stereocenters. The van der Waals surface area contributed by atoms with Crippen molar-refractivity contribution in [1.29, 1.82) is 0 Å². The predicted octanol–water partition coefficient (Wildman–Crippen LogP) is 2.26. The number of para-hydroxylation sites is 1. The molecule has 4 nitrogen and oxygen atoms in total. The maximum atomic E-state index is 13.3. The first-order valence-electron chi connectivity index (χ1n) is 6.31. The highest BCUT2D eigenvalue weighted by Gasteiger charge is 2.06. The van der Waals surface area contributed by atoms with Crippen LogP contribution in [-0.2, 0) is 11.3 Å². The predicted molar refractivity (Wildman–Crippen MR) is 75.7 cm³/mol. The van der Waals surface area contributed by atoms with Crippen molar-refractivity contribution >= 4 is 11.6 Å². The van der Waals surface area contributed by atoms with Crippen molar-refractivity contribution in [1.82, 2.24) is 10.3 Å². The number of hydrogen-bond donors (Lipinski definition) is 2. The van der Waals surface area contributed by atoms with E-state index in [-0.39, 0.29) is 18.1 Å². The zero-order valence-electron chi connectivity index (χ0n) is 11.2. The Morgan fingerprint density at radius 3 is 2.85 bits per heavy atom. The number of carbonyl (C=O) groups excluding carboxylic acids is 1. The molecule has 1 aromatic heterocycles. The molecule has 0 bridgehead atoms. The normalized spacial score (nSPS) is 10.3. The van der Waals surface area contributed by atoms with Gasteiger partial charge >= 0.3 is 0 Å². The van der Waals surface area contributed by atoms with Crippen molar-refractivity contribution in [3.63, 3.8) is 0 Å². The number of nitrogens with one attached hydrogen (secondary N) is 2. The molecule has 0 saturated heterocycles. The number of aromatic nitrogens is 1. The summed E-state index contributed by atoms with van der Waals surface area (Å²) in [6.45, 7) is 2.65. The Hall–Kier alpha value is -2.27. The van der Waals surface area contributed by atoms with Crippen molar-refractivity contribution in [2.75, 3.05) is 11.9 Å². The fourth-order valence-corrected chi connectivity index (χ4v) is 1.77. The molecule has 2 rings (SSSR count). The van der Waals surface area contributed by atoms with Gasteiger partial charge in [-0.05, 0) is 36.2 Å².